The van der Waals surface area contributed by atoms with Crippen molar-refractivity contribution in [1.82, 2.24) is 10.2 Å². The molecule has 0 unspecified atom stereocenters. The van der Waals surface area contributed by atoms with Crippen molar-refractivity contribution < 1.29 is 17.9 Å². The first-order valence-corrected chi connectivity index (χ1v) is 13.7. The van der Waals surface area contributed by atoms with Gasteiger partial charge in [0.1, 0.15) is 5.75 Å². The topological polar surface area (TPSA) is 101 Å². The van der Waals surface area contributed by atoms with Crippen LogP contribution in [0.1, 0.15) is 24.5 Å². The maximum atomic E-state index is 13.5. The van der Waals surface area contributed by atoms with Gasteiger partial charge in [-0.15, -0.1) is 10.2 Å². The Balaban J connectivity index is 1.61. The van der Waals surface area contributed by atoms with E-state index in [0.717, 1.165) is 27.6 Å². The Morgan fingerprint density at radius 1 is 1.18 bits per heavy atom. The standard InChI is InChI=1S/C22H24N4O4S3/c1-4-11-31-22-25-24-21(32-22)23-20(27)19-13-26(17-10-7-15(3)12-18(17)30-19)33(28,29)16-8-5-14(2)6-9-16/h5-10,12,19H,4,11,13H2,1-3H3,(H,23,24,27)/t19-/m1/s1. The summed E-state index contributed by atoms with van der Waals surface area (Å²) in [6.07, 6.45) is -0.0402. The molecule has 0 radical (unpaired) electrons. The fourth-order valence-electron chi connectivity index (χ4n) is 3.26. The van der Waals surface area contributed by atoms with Crippen molar-refractivity contribution in [1.29, 1.82) is 0 Å². The predicted molar refractivity (Wildman–Crippen MR) is 131 cm³/mol. The van der Waals surface area contributed by atoms with Gasteiger partial charge in [-0.2, -0.15) is 0 Å². The number of fused-ring (bicyclic) bond motifs is 1. The Labute approximate surface area is 201 Å². The van der Waals surface area contributed by atoms with Crippen molar-refractivity contribution >= 4 is 49.8 Å². The van der Waals surface area contributed by atoms with E-state index in [0.29, 0.717) is 16.6 Å². The monoisotopic (exact) mass is 504 g/mol. The van der Waals surface area contributed by atoms with Crippen molar-refractivity contribution in [2.45, 2.75) is 42.5 Å². The molecule has 1 N–H and O–H groups in total. The van der Waals surface area contributed by atoms with Crippen LogP contribution < -0.4 is 14.4 Å². The highest BCUT2D eigenvalue weighted by molar-refractivity contribution is 8.01. The first-order chi connectivity index (χ1) is 15.8. The molecular weight excluding hydrogens is 480 g/mol. The number of carbonyl (C=O) groups is 1. The summed E-state index contributed by atoms with van der Waals surface area (Å²) in [4.78, 5) is 13.2. The molecule has 33 heavy (non-hydrogen) atoms. The highest BCUT2D eigenvalue weighted by Gasteiger charge is 2.38. The van der Waals surface area contributed by atoms with Crippen LogP contribution in [0.15, 0.2) is 51.7 Å². The number of thioether (sulfide) groups is 1. The van der Waals surface area contributed by atoms with Crippen molar-refractivity contribution in [3.05, 3.63) is 53.6 Å². The molecule has 0 saturated carbocycles. The van der Waals surface area contributed by atoms with Crippen molar-refractivity contribution in [3.8, 4) is 5.75 Å². The van der Waals surface area contributed by atoms with Crippen molar-refractivity contribution in [3.63, 3.8) is 0 Å². The number of aryl methyl sites for hydroxylation is 2. The van der Waals surface area contributed by atoms with Crippen LogP contribution in [0.4, 0.5) is 10.8 Å². The summed E-state index contributed by atoms with van der Waals surface area (Å²) in [5, 5.41) is 11.2. The smallest absolute Gasteiger partial charge is 0.269 e. The van der Waals surface area contributed by atoms with E-state index < -0.39 is 22.0 Å². The Morgan fingerprint density at radius 3 is 2.64 bits per heavy atom. The maximum absolute atomic E-state index is 13.5. The number of hydrogen-bond donors (Lipinski definition) is 1. The van der Waals surface area contributed by atoms with Gasteiger partial charge in [0.2, 0.25) is 5.13 Å². The van der Waals surface area contributed by atoms with Gasteiger partial charge in [-0.05, 0) is 50.1 Å². The van der Waals surface area contributed by atoms with Gasteiger partial charge >= 0.3 is 0 Å². The lowest BCUT2D eigenvalue weighted by Crippen LogP contribution is -2.48. The third-order valence-electron chi connectivity index (χ3n) is 4.95. The number of aromatic nitrogens is 2. The van der Waals surface area contributed by atoms with Crippen LogP contribution >= 0.6 is 23.1 Å². The molecule has 2 heterocycles. The summed E-state index contributed by atoms with van der Waals surface area (Å²) in [5.41, 5.74) is 2.25. The average molecular weight is 505 g/mol. The molecule has 2 aromatic carbocycles. The predicted octanol–water partition coefficient (Wildman–Crippen LogP) is 4.25. The van der Waals surface area contributed by atoms with Crippen molar-refractivity contribution in [2.24, 2.45) is 0 Å². The Kier molecular flexibility index (Phi) is 6.91. The van der Waals surface area contributed by atoms with Crippen LogP contribution in [-0.2, 0) is 14.8 Å². The summed E-state index contributed by atoms with van der Waals surface area (Å²) in [6.45, 7) is 5.69. The van der Waals surface area contributed by atoms with Crippen molar-refractivity contribution in [2.75, 3.05) is 21.9 Å². The second-order valence-corrected chi connectivity index (χ2v) is 11.8. The molecule has 0 aliphatic carbocycles. The van der Waals surface area contributed by atoms with E-state index in [1.807, 2.05) is 19.9 Å². The maximum Gasteiger partial charge on any atom is 0.269 e. The molecule has 1 aliphatic rings. The molecule has 1 amide bonds. The molecule has 1 aliphatic heterocycles. The number of nitrogens with zero attached hydrogens (tertiary/aromatic N) is 3. The average Bonchev–Trinajstić information content (AvgIpc) is 3.24. The lowest BCUT2D eigenvalue weighted by molar-refractivity contribution is -0.122. The van der Waals surface area contributed by atoms with Gasteiger partial charge in [-0.25, -0.2) is 8.42 Å². The summed E-state index contributed by atoms with van der Waals surface area (Å²) in [7, 11) is -3.91. The molecule has 4 rings (SSSR count). The zero-order valence-corrected chi connectivity index (χ0v) is 20.9. The molecule has 1 atom stereocenters. The van der Waals surface area contributed by atoms with Gasteiger partial charge in [-0.1, -0.05) is 53.8 Å². The largest absolute Gasteiger partial charge is 0.476 e. The molecule has 3 aromatic rings. The second kappa shape index (κ2) is 9.70. The highest BCUT2D eigenvalue weighted by atomic mass is 32.2. The number of carbonyl (C=O) groups excluding carboxylic acids is 1. The fraction of sp³-hybridized carbons (Fsp3) is 0.318. The summed E-state index contributed by atoms with van der Waals surface area (Å²) < 4.78 is 34.9. The normalized spacial score (nSPS) is 15.6. The minimum atomic E-state index is -3.91. The molecule has 0 spiro atoms. The van der Waals surface area contributed by atoms with Crippen LogP contribution in [-0.4, -0.2) is 42.9 Å². The number of rotatable bonds is 7. The Morgan fingerprint density at radius 2 is 1.91 bits per heavy atom. The first kappa shape index (κ1) is 23.5. The zero-order chi connectivity index (χ0) is 23.6. The molecule has 0 bridgehead atoms. The third kappa shape index (κ3) is 5.15. The van der Waals surface area contributed by atoms with Crippen LogP contribution in [0, 0.1) is 13.8 Å². The number of ether oxygens (including phenoxy) is 1. The van der Waals surface area contributed by atoms with Crippen LogP contribution in [0.5, 0.6) is 5.75 Å². The van der Waals surface area contributed by atoms with Crippen LogP contribution in [0.2, 0.25) is 0 Å². The summed E-state index contributed by atoms with van der Waals surface area (Å²) >= 11 is 2.85. The molecule has 11 heteroatoms. The number of nitrogens with one attached hydrogen (secondary N) is 1. The number of sulfonamides is 1. The molecule has 1 aromatic heterocycles. The number of anilines is 2. The lowest BCUT2D eigenvalue weighted by atomic mass is 10.1. The second-order valence-electron chi connectivity index (χ2n) is 7.64. The highest BCUT2D eigenvalue weighted by Crippen LogP contribution is 2.38. The van der Waals surface area contributed by atoms with E-state index in [9.17, 15) is 13.2 Å². The lowest BCUT2D eigenvalue weighted by Gasteiger charge is -2.34. The molecule has 174 valence electrons. The number of hydrogen-bond acceptors (Lipinski definition) is 8. The Hall–Kier alpha value is -2.63. The third-order valence-corrected chi connectivity index (χ3v) is 8.92. The minimum absolute atomic E-state index is 0.155. The van der Waals surface area contributed by atoms with E-state index in [1.54, 1.807) is 48.2 Å². The van der Waals surface area contributed by atoms with Gasteiger partial charge in [0.15, 0.2) is 10.4 Å². The van der Waals surface area contributed by atoms with Gasteiger partial charge < -0.3 is 4.74 Å². The van der Waals surface area contributed by atoms with Gasteiger partial charge in [0.05, 0.1) is 17.1 Å². The fourth-order valence-corrected chi connectivity index (χ4v) is 6.41. The van der Waals surface area contributed by atoms with E-state index in [4.69, 9.17) is 4.74 Å². The van der Waals surface area contributed by atoms with E-state index in [1.165, 1.54) is 15.6 Å². The van der Waals surface area contributed by atoms with Gasteiger partial charge in [-0.3, -0.25) is 14.4 Å². The summed E-state index contributed by atoms with van der Waals surface area (Å²) in [6, 6.07) is 11.9. The minimum Gasteiger partial charge on any atom is -0.476 e. The van der Waals surface area contributed by atoms with Crippen LogP contribution in [0.3, 0.4) is 0 Å². The van der Waals surface area contributed by atoms with E-state index >= 15 is 0 Å². The SMILES string of the molecule is CCCSc1nnc(NC(=O)[C@H]2CN(S(=O)(=O)c3ccc(C)cc3)c3ccc(C)cc3O2)s1. The van der Waals surface area contributed by atoms with Crippen LogP contribution in [0.25, 0.3) is 0 Å². The zero-order valence-electron chi connectivity index (χ0n) is 18.4. The summed E-state index contributed by atoms with van der Waals surface area (Å²) in [5.74, 6) is 0.777. The molecule has 8 nitrogen and oxygen atoms in total. The molecule has 0 fully saturated rings. The number of amides is 1. The number of benzene rings is 2. The van der Waals surface area contributed by atoms with E-state index in [-0.39, 0.29) is 11.4 Å². The Bertz CT molecular complexity index is 1260. The quantitative estimate of drug-likeness (QED) is 0.379. The van der Waals surface area contributed by atoms with Gasteiger partial charge in [0, 0.05) is 5.75 Å². The van der Waals surface area contributed by atoms with E-state index in [2.05, 4.69) is 22.4 Å². The first-order valence-electron chi connectivity index (χ1n) is 10.4. The van der Waals surface area contributed by atoms with Gasteiger partial charge in [0.25, 0.3) is 15.9 Å². The molecular formula is C22H24N4O4S3. The molecule has 0 saturated heterocycles.